The maximum Gasteiger partial charge on any atom is 0.225 e. The molecule has 2 aromatic heterocycles. The van der Waals surface area contributed by atoms with Gasteiger partial charge in [-0.1, -0.05) is 11.6 Å². The highest BCUT2D eigenvalue weighted by Crippen LogP contribution is 2.27. The standard InChI is InChI=1S/C18H24ClN5/c1-12-17(19)13(2)24(22-12)11-16-14-7-3-4-8-15(14)20-18(21-16)23-9-5-6-10-23/h3-11H2,1-2H3. The highest BCUT2D eigenvalue weighted by Gasteiger charge is 2.23. The van der Waals surface area contributed by atoms with Gasteiger partial charge in [0.15, 0.2) is 0 Å². The molecule has 0 N–H and O–H groups in total. The molecule has 3 heterocycles. The van der Waals surface area contributed by atoms with Gasteiger partial charge in [-0.2, -0.15) is 5.10 Å². The summed E-state index contributed by atoms with van der Waals surface area (Å²) in [6.45, 7) is 6.81. The Labute approximate surface area is 148 Å². The van der Waals surface area contributed by atoms with Crippen LogP contribution in [0, 0.1) is 13.8 Å². The van der Waals surface area contributed by atoms with Crippen LogP contribution in [0.25, 0.3) is 0 Å². The molecule has 1 aliphatic carbocycles. The van der Waals surface area contributed by atoms with E-state index in [0.717, 1.165) is 54.0 Å². The average molecular weight is 346 g/mol. The van der Waals surface area contributed by atoms with Crippen molar-refractivity contribution >= 4 is 17.5 Å². The van der Waals surface area contributed by atoms with E-state index in [4.69, 9.17) is 21.6 Å². The van der Waals surface area contributed by atoms with Crippen molar-refractivity contribution in [1.29, 1.82) is 0 Å². The summed E-state index contributed by atoms with van der Waals surface area (Å²) in [5.41, 5.74) is 5.62. The molecule has 2 aliphatic rings. The summed E-state index contributed by atoms with van der Waals surface area (Å²) in [7, 11) is 0. The third kappa shape index (κ3) is 2.79. The van der Waals surface area contributed by atoms with Gasteiger partial charge in [0.25, 0.3) is 0 Å². The Morgan fingerprint density at radius 1 is 1.00 bits per heavy atom. The number of rotatable bonds is 3. The van der Waals surface area contributed by atoms with Crippen LogP contribution in [0.1, 0.15) is 54.0 Å². The fourth-order valence-corrected chi connectivity index (χ4v) is 3.95. The Bertz CT molecular complexity index is 761. The first-order chi connectivity index (χ1) is 11.6. The lowest BCUT2D eigenvalue weighted by Crippen LogP contribution is -2.24. The molecule has 0 aromatic carbocycles. The van der Waals surface area contributed by atoms with Crippen LogP contribution >= 0.6 is 11.6 Å². The Morgan fingerprint density at radius 3 is 2.46 bits per heavy atom. The molecular formula is C18H24ClN5. The molecule has 0 saturated carbocycles. The van der Waals surface area contributed by atoms with Gasteiger partial charge >= 0.3 is 0 Å². The van der Waals surface area contributed by atoms with Crippen molar-refractivity contribution in [3.63, 3.8) is 0 Å². The predicted molar refractivity (Wildman–Crippen MR) is 95.9 cm³/mol. The number of anilines is 1. The molecule has 0 atom stereocenters. The van der Waals surface area contributed by atoms with Gasteiger partial charge < -0.3 is 4.90 Å². The average Bonchev–Trinajstić information content (AvgIpc) is 3.21. The third-order valence-electron chi connectivity index (χ3n) is 5.24. The first-order valence-corrected chi connectivity index (χ1v) is 9.34. The van der Waals surface area contributed by atoms with Crippen LogP contribution in [-0.4, -0.2) is 32.8 Å². The monoisotopic (exact) mass is 345 g/mol. The van der Waals surface area contributed by atoms with Gasteiger partial charge in [-0.05, 0) is 57.9 Å². The largest absolute Gasteiger partial charge is 0.341 e. The zero-order valence-corrected chi connectivity index (χ0v) is 15.2. The van der Waals surface area contributed by atoms with Gasteiger partial charge in [-0.25, -0.2) is 9.97 Å². The molecular weight excluding hydrogens is 322 g/mol. The van der Waals surface area contributed by atoms with Gasteiger partial charge in [-0.3, -0.25) is 4.68 Å². The lowest BCUT2D eigenvalue weighted by atomic mass is 9.94. The van der Waals surface area contributed by atoms with Crippen molar-refractivity contribution in [2.45, 2.75) is 58.9 Å². The second-order valence-electron chi connectivity index (χ2n) is 6.94. The van der Waals surface area contributed by atoms with Crippen molar-refractivity contribution in [2.24, 2.45) is 0 Å². The SMILES string of the molecule is Cc1nn(Cc2nc(N3CCCC3)nc3c2CCCC3)c(C)c1Cl. The molecule has 24 heavy (non-hydrogen) atoms. The molecule has 0 spiro atoms. The Balaban J connectivity index is 1.74. The summed E-state index contributed by atoms with van der Waals surface area (Å²) in [4.78, 5) is 12.2. The highest BCUT2D eigenvalue weighted by molar-refractivity contribution is 6.31. The van der Waals surface area contributed by atoms with Crippen LogP contribution in [0.15, 0.2) is 0 Å². The smallest absolute Gasteiger partial charge is 0.225 e. The number of fused-ring (bicyclic) bond motifs is 1. The predicted octanol–water partition coefficient (Wildman–Crippen LogP) is 3.47. The van der Waals surface area contributed by atoms with Gasteiger partial charge in [-0.15, -0.1) is 0 Å². The van der Waals surface area contributed by atoms with Crippen LogP contribution in [0.5, 0.6) is 0 Å². The molecule has 0 radical (unpaired) electrons. The molecule has 0 unspecified atom stereocenters. The number of aromatic nitrogens is 4. The number of aryl methyl sites for hydroxylation is 2. The fourth-order valence-electron chi connectivity index (χ4n) is 3.82. The Kier molecular flexibility index (Phi) is 4.21. The van der Waals surface area contributed by atoms with E-state index in [0.29, 0.717) is 6.54 Å². The molecule has 0 bridgehead atoms. The summed E-state index contributed by atoms with van der Waals surface area (Å²) < 4.78 is 1.99. The molecule has 4 rings (SSSR count). The molecule has 1 saturated heterocycles. The van der Waals surface area contributed by atoms with Crippen LogP contribution < -0.4 is 4.90 Å². The van der Waals surface area contributed by atoms with E-state index in [2.05, 4.69) is 10.00 Å². The summed E-state index contributed by atoms with van der Waals surface area (Å²) in [5.74, 6) is 0.913. The maximum absolute atomic E-state index is 6.32. The Morgan fingerprint density at radius 2 is 1.75 bits per heavy atom. The zero-order valence-electron chi connectivity index (χ0n) is 14.5. The quantitative estimate of drug-likeness (QED) is 0.854. The number of hydrogen-bond acceptors (Lipinski definition) is 4. The van der Waals surface area contributed by atoms with E-state index in [9.17, 15) is 0 Å². The highest BCUT2D eigenvalue weighted by atomic mass is 35.5. The van der Waals surface area contributed by atoms with Crippen LogP contribution in [0.4, 0.5) is 5.95 Å². The third-order valence-corrected chi connectivity index (χ3v) is 5.79. The summed E-state index contributed by atoms with van der Waals surface area (Å²) in [5, 5.41) is 5.35. The summed E-state index contributed by atoms with van der Waals surface area (Å²) in [6, 6.07) is 0. The molecule has 0 amide bonds. The molecule has 1 aliphatic heterocycles. The van der Waals surface area contributed by atoms with Crippen molar-refractivity contribution in [2.75, 3.05) is 18.0 Å². The molecule has 128 valence electrons. The fraction of sp³-hybridized carbons (Fsp3) is 0.611. The number of halogens is 1. The zero-order chi connectivity index (χ0) is 16.7. The Hall–Kier alpha value is -1.62. The van der Waals surface area contributed by atoms with E-state index in [1.54, 1.807) is 0 Å². The lowest BCUT2D eigenvalue weighted by molar-refractivity contribution is 0.607. The van der Waals surface area contributed by atoms with Gasteiger partial charge in [0.2, 0.25) is 5.95 Å². The molecule has 6 heteroatoms. The topological polar surface area (TPSA) is 46.8 Å². The van der Waals surface area contributed by atoms with E-state index >= 15 is 0 Å². The van der Waals surface area contributed by atoms with E-state index in [-0.39, 0.29) is 0 Å². The van der Waals surface area contributed by atoms with Crippen molar-refractivity contribution in [1.82, 2.24) is 19.7 Å². The summed E-state index contributed by atoms with van der Waals surface area (Å²) in [6.07, 6.45) is 7.09. The van der Waals surface area contributed by atoms with Crippen LogP contribution in [-0.2, 0) is 19.4 Å². The van der Waals surface area contributed by atoms with E-state index in [1.807, 2.05) is 18.5 Å². The molecule has 5 nitrogen and oxygen atoms in total. The minimum absolute atomic E-state index is 0.686. The van der Waals surface area contributed by atoms with Gasteiger partial charge in [0, 0.05) is 18.8 Å². The first kappa shape index (κ1) is 15.9. The maximum atomic E-state index is 6.32. The minimum atomic E-state index is 0.686. The van der Waals surface area contributed by atoms with E-state index < -0.39 is 0 Å². The van der Waals surface area contributed by atoms with Gasteiger partial charge in [0.05, 0.1) is 28.6 Å². The molecule has 2 aromatic rings. The normalized spacial score (nSPS) is 17.4. The number of nitrogens with zero attached hydrogens (tertiary/aromatic N) is 5. The second-order valence-corrected chi connectivity index (χ2v) is 7.32. The lowest BCUT2D eigenvalue weighted by Gasteiger charge is -2.23. The van der Waals surface area contributed by atoms with Crippen molar-refractivity contribution in [3.05, 3.63) is 33.4 Å². The first-order valence-electron chi connectivity index (χ1n) is 8.96. The van der Waals surface area contributed by atoms with Crippen molar-refractivity contribution in [3.8, 4) is 0 Å². The minimum Gasteiger partial charge on any atom is -0.341 e. The van der Waals surface area contributed by atoms with Gasteiger partial charge in [0.1, 0.15) is 0 Å². The second kappa shape index (κ2) is 6.36. The van der Waals surface area contributed by atoms with Crippen LogP contribution in [0.3, 0.4) is 0 Å². The van der Waals surface area contributed by atoms with Crippen LogP contribution in [0.2, 0.25) is 5.02 Å². The molecule has 1 fully saturated rings. The number of hydrogen-bond donors (Lipinski definition) is 0. The van der Waals surface area contributed by atoms with E-state index in [1.165, 1.54) is 36.9 Å². The van der Waals surface area contributed by atoms with Crippen molar-refractivity contribution < 1.29 is 0 Å². The summed E-state index contributed by atoms with van der Waals surface area (Å²) >= 11 is 6.32.